The average molecular weight is 210 g/mol. The van der Waals surface area contributed by atoms with E-state index in [-0.39, 0.29) is 0 Å². The molecule has 0 bridgehead atoms. The monoisotopic (exact) mass is 210 g/mol. The van der Waals surface area contributed by atoms with Crippen LogP contribution in [0, 0.1) is 11.3 Å². The Hall–Kier alpha value is -0.0800. The molecule has 2 aliphatic rings. The molecule has 0 spiro atoms. The molecule has 2 heteroatoms. The topological polar surface area (TPSA) is 29.3 Å². The Morgan fingerprint density at radius 2 is 1.73 bits per heavy atom. The highest BCUT2D eigenvalue weighted by Gasteiger charge is 2.38. The van der Waals surface area contributed by atoms with Gasteiger partial charge in [0.2, 0.25) is 0 Å². The summed E-state index contributed by atoms with van der Waals surface area (Å²) in [5.41, 5.74) is 6.44. The van der Waals surface area contributed by atoms with E-state index in [9.17, 15) is 0 Å². The van der Waals surface area contributed by atoms with Gasteiger partial charge in [-0.05, 0) is 50.1 Å². The van der Waals surface area contributed by atoms with Gasteiger partial charge in [-0.2, -0.15) is 0 Å². The Labute approximate surface area is 94.2 Å². The summed E-state index contributed by atoms with van der Waals surface area (Å²) in [7, 11) is 0. The first kappa shape index (κ1) is 11.4. The molecule has 1 aliphatic heterocycles. The number of rotatable bonds is 2. The Balaban J connectivity index is 1.82. The van der Waals surface area contributed by atoms with E-state index in [1.807, 2.05) is 0 Å². The molecule has 0 radical (unpaired) electrons. The zero-order valence-corrected chi connectivity index (χ0v) is 10.5. The third kappa shape index (κ3) is 2.21. The van der Waals surface area contributed by atoms with Crippen LogP contribution in [0.3, 0.4) is 0 Å². The normalized spacial score (nSPS) is 36.6. The molecule has 0 atom stereocenters. The van der Waals surface area contributed by atoms with Crippen LogP contribution in [-0.2, 0) is 0 Å². The van der Waals surface area contributed by atoms with Crippen molar-refractivity contribution in [2.24, 2.45) is 17.1 Å². The van der Waals surface area contributed by atoms with E-state index in [4.69, 9.17) is 5.73 Å². The predicted octanol–water partition coefficient (Wildman–Crippen LogP) is 2.23. The van der Waals surface area contributed by atoms with Gasteiger partial charge in [0.15, 0.2) is 0 Å². The number of hydrogen-bond donors (Lipinski definition) is 1. The smallest absolute Gasteiger partial charge is 0.0125 e. The van der Waals surface area contributed by atoms with Gasteiger partial charge in [0, 0.05) is 12.1 Å². The van der Waals surface area contributed by atoms with E-state index in [2.05, 4.69) is 25.7 Å². The number of likely N-dealkylation sites (tertiary alicyclic amines) is 1. The third-order valence-electron chi connectivity index (χ3n) is 5.00. The molecule has 0 aromatic rings. The SMILES string of the molecule is CC(C)C1(C)CCN(C2CC(N)C2)CC1. The largest absolute Gasteiger partial charge is 0.328 e. The van der Waals surface area contributed by atoms with Crippen LogP contribution in [0.15, 0.2) is 0 Å². The number of piperidine rings is 1. The predicted molar refractivity (Wildman–Crippen MR) is 64.7 cm³/mol. The van der Waals surface area contributed by atoms with Crippen LogP contribution in [-0.4, -0.2) is 30.1 Å². The molecule has 0 aromatic carbocycles. The van der Waals surface area contributed by atoms with Crippen molar-refractivity contribution >= 4 is 0 Å². The fourth-order valence-electron chi connectivity index (χ4n) is 2.91. The average Bonchev–Trinajstić information content (AvgIpc) is 2.15. The second-order valence-corrected chi connectivity index (χ2v) is 6.23. The standard InChI is InChI=1S/C13H26N2/c1-10(2)13(3)4-6-15(7-5-13)12-8-11(14)9-12/h10-12H,4-9,14H2,1-3H3. The number of nitrogens with two attached hydrogens (primary N) is 1. The maximum atomic E-state index is 5.85. The van der Waals surface area contributed by atoms with Gasteiger partial charge in [-0.3, -0.25) is 0 Å². The molecule has 1 saturated heterocycles. The summed E-state index contributed by atoms with van der Waals surface area (Å²) < 4.78 is 0. The minimum atomic E-state index is 0.494. The molecule has 0 amide bonds. The molecule has 2 fully saturated rings. The summed E-state index contributed by atoms with van der Waals surface area (Å²) in [5, 5.41) is 0. The highest BCUT2D eigenvalue weighted by atomic mass is 15.2. The van der Waals surface area contributed by atoms with Crippen LogP contribution < -0.4 is 5.73 Å². The van der Waals surface area contributed by atoms with Gasteiger partial charge < -0.3 is 10.6 Å². The summed E-state index contributed by atoms with van der Waals surface area (Å²) in [4.78, 5) is 2.67. The zero-order chi connectivity index (χ0) is 11.1. The van der Waals surface area contributed by atoms with Crippen molar-refractivity contribution in [2.45, 2.75) is 58.5 Å². The first-order chi connectivity index (χ1) is 7.01. The van der Waals surface area contributed by atoms with Crippen LogP contribution in [0.25, 0.3) is 0 Å². The van der Waals surface area contributed by atoms with Gasteiger partial charge in [-0.25, -0.2) is 0 Å². The van der Waals surface area contributed by atoms with E-state index < -0.39 is 0 Å². The fraction of sp³-hybridized carbons (Fsp3) is 1.00. The summed E-state index contributed by atoms with van der Waals surface area (Å²) in [5.74, 6) is 0.822. The molecule has 1 aliphatic carbocycles. The van der Waals surface area contributed by atoms with Crippen molar-refractivity contribution in [2.75, 3.05) is 13.1 Å². The van der Waals surface area contributed by atoms with Gasteiger partial charge in [0.25, 0.3) is 0 Å². The van der Waals surface area contributed by atoms with Gasteiger partial charge in [0.05, 0.1) is 0 Å². The van der Waals surface area contributed by atoms with Crippen LogP contribution in [0.1, 0.15) is 46.5 Å². The Bertz CT molecular complexity index is 211. The van der Waals surface area contributed by atoms with E-state index in [1.54, 1.807) is 0 Å². The lowest BCUT2D eigenvalue weighted by atomic mass is 9.71. The van der Waals surface area contributed by atoms with Crippen LogP contribution in [0.5, 0.6) is 0 Å². The molecule has 2 N–H and O–H groups in total. The van der Waals surface area contributed by atoms with E-state index in [1.165, 1.54) is 38.8 Å². The molecular formula is C13H26N2. The Kier molecular flexibility index (Phi) is 3.09. The Morgan fingerprint density at radius 1 is 1.20 bits per heavy atom. The summed E-state index contributed by atoms with van der Waals surface area (Å²) in [6.45, 7) is 9.80. The molecule has 2 nitrogen and oxygen atoms in total. The maximum Gasteiger partial charge on any atom is 0.0125 e. The lowest BCUT2D eigenvalue weighted by Gasteiger charge is -2.48. The van der Waals surface area contributed by atoms with Gasteiger partial charge in [-0.15, -0.1) is 0 Å². The van der Waals surface area contributed by atoms with Gasteiger partial charge in [-0.1, -0.05) is 20.8 Å². The van der Waals surface area contributed by atoms with Crippen LogP contribution >= 0.6 is 0 Å². The molecular weight excluding hydrogens is 184 g/mol. The lowest BCUT2D eigenvalue weighted by Crippen LogP contribution is -2.54. The summed E-state index contributed by atoms with van der Waals surface area (Å²) in [6, 6.07) is 1.31. The molecule has 1 saturated carbocycles. The molecule has 88 valence electrons. The first-order valence-electron chi connectivity index (χ1n) is 6.51. The van der Waals surface area contributed by atoms with Crippen LogP contribution in [0.2, 0.25) is 0 Å². The second-order valence-electron chi connectivity index (χ2n) is 6.23. The molecule has 0 aromatic heterocycles. The zero-order valence-electron chi connectivity index (χ0n) is 10.5. The lowest BCUT2D eigenvalue weighted by molar-refractivity contribution is 0.0231. The van der Waals surface area contributed by atoms with Crippen molar-refractivity contribution in [3.05, 3.63) is 0 Å². The highest BCUT2D eigenvalue weighted by molar-refractivity contribution is 4.93. The van der Waals surface area contributed by atoms with E-state index in [0.29, 0.717) is 11.5 Å². The fourth-order valence-corrected chi connectivity index (χ4v) is 2.91. The van der Waals surface area contributed by atoms with Gasteiger partial charge >= 0.3 is 0 Å². The molecule has 0 unspecified atom stereocenters. The molecule has 1 heterocycles. The number of nitrogens with zero attached hydrogens (tertiary/aromatic N) is 1. The van der Waals surface area contributed by atoms with Gasteiger partial charge in [0.1, 0.15) is 0 Å². The Morgan fingerprint density at radius 3 is 2.13 bits per heavy atom. The molecule has 2 rings (SSSR count). The maximum absolute atomic E-state index is 5.85. The third-order valence-corrected chi connectivity index (χ3v) is 5.00. The minimum absolute atomic E-state index is 0.494. The van der Waals surface area contributed by atoms with Crippen molar-refractivity contribution < 1.29 is 0 Å². The summed E-state index contributed by atoms with van der Waals surface area (Å²) >= 11 is 0. The summed E-state index contributed by atoms with van der Waals surface area (Å²) in [6.07, 6.45) is 5.21. The second kappa shape index (κ2) is 4.06. The number of hydrogen-bond acceptors (Lipinski definition) is 2. The first-order valence-corrected chi connectivity index (χ1v) is 6.51. The van der Waals surface area contributed by atoms with Crippen molar-refractivity contribution in [3.63, 3.8) is 0 Å². The van der Waals surface area contributed by atoms with Crippen molar-refractivity contribution in [1.82, 2.24) is 4.90 Å². The molecule has 15 heavy (non-hydrogen) atoms. The van der Waals surface area contributed by atoms with E-state index in [0.717, 1.165) is 12.0 Å². The highest BCUT2D eigenvalue weighted by Crippen LogP contribution is 2.40. The van der Waals surface area contributed by atoms with E-state index >= 15 is 0 Å². The quantitative estimate of drug-likeness (QED) is 0.757. The van der Waals surface area contributed by atoms with Crippen molar-refractivity contribution in [1.29, 1.82) is 0 Å². The van der Waals surface area contributed by atoms with Crippen molar-refractivity contribution in [3.8, 4) is 0 Å². The van der Waals surface area contributed by atoms with Crippen LogP contribution in [0.4, 0.5) is 0 Å². The minimum Gasteiger partial charge on any atom is -0.328 e.